The largest absolute Gasteiger partial charge is 0.380 e. The van der Waals surface area contributed by atoms with Crippen LogP contribution < -0.4 is 0 Å². The molecule has 1 aliphatic heterocycles. The molecule has 0 radical (unpaired) electrons. The second-order valence-electron chi connectivity index (χ2n) is 5.32. The summed E-state index contributed by atoms with van der Waals surface area (Å²) < 4.78 is 5.63. The lowest BCUT2D eigenvalue weighted by Crippen LogP contribution is -2.46. The van der Waals surface area contributed by atoms with Crippen LogP contribution >= 0.6 is 0 Å². The lowest BCUT2D eigenvalue weighted by atomic mass is 9.57. The fraction of sp³-hybridized carbons (Fsp3) is 0.833. The van der Waals surface area contributed by atoms with Crippen molar-refractivity contribution in [1.82, 2.24) is 0 Å². The first-order valence-electron chi connectivity index (χ1n) is 5.30. The first-order valence-corrected chi connectivity index (χ1v) is 5.30. The van der Waals surface area contributed by atoms with Crippen molar-refractivity contribution in [1.29, 1.82) is 0 Å². The van der Waals surface area contributed by atoms with E-state index in [0.29, 0.717) is 17.3 Å². The first kappa shape index (κ1) is 9.26. The van der Waals surface area contributed by atoms with Crippen LogP contribution in [-0.4, -0.2) is 13.2 Å². The Balaban J connectivity index is 2.29. The summed E-state index contributed by atoms with van der Waals surface area (Å²) in [6.45, 7) is 13.1. The molecule has 1 heterocycles. The van der Waals surface area contributed by atoms with Crippen molar-refractivity contribution in [2.45, 2.75) is 27.2 Å². The number of hydrogen-bond acceptors (Lipinski definition) is 1. The second kappa shape index (κ2) is 2.84. The molecule has 1 aliphatic carbocycles. The molecular formula is C12H20O. The molecular weight excluding hydrogens is 160 g/mol. The molecule has 1 nitrogen and oxygen atoms in total. The predicted octanol–water partition coefficient (Wildman–Crippen LogP) is 2.87. The summed E-state index contributed by atoms with van der Waals surface area (Å²) in [5, 5.41) is 0. The van der Waals surface area contributed by atoms with E-state index in [4.69, 9.17) is 4.74 Å². The van der Waals surface area contributed by atoms with E-state index in [2.05, 4.69) is 27.4 Å². The fourth-order valence-electron chi connectivity index (χ4n) is 2.81. The van der Waals surface area contributed by atoms with Crippen LogP contribution in [0.4, 0.5) is 0 Å². The Morgan fingerprint density at radius 3 is 2.77 bits per heavy atom. The highest BCUT2D eigenvalue weighted by atomic mass is 16.5. The van der Waals surface area contributed by atoms with Crippen molar-refractivity contribution in [3.63, 3.8) is 0 Å². The summed E-state index contributed by atoms with van der Waals surface area (Å²) in [6, 6.07) is 0. The molecule has 1 saturated heterocycles. The van der Waals surface area contributed by atoms with E-state index in [1.54, 1.807) is 0 Å². The fourth-order valence-corrected chi connectivity index (χ4v) is 2.81. The van der Waals surface area contributed by atoms with Crippen LogP contribution in [0.15, 0.2) is 12.2 Å². The van der Waals surface area contributed by atoms with Gasteiger partial charge in [0, 0.05) is 11.8 Å². The zero-order valence-electron chi connectivity index (χ0n) is 8.97. The average molecular weight is 180 g/mol. The van der Waals surface area contributed by atoms with Crippen LogP contribution in [0.2, 0.25) is 0 Å². The van der Waals surface area contributed by atoms with Crippen LogP contribution in [0, 0.1) is 23.2 Å². The Morgan fingerprint density at radius 2 is 2.08 bits per heavy atom. The molecule has 0 amide bonds. The Hall–Kier alpha value is -0.300. The molecule has 13 heavy (non-hydrogen) atoms. The monoisotopic (exact) mass is 180 g/mol. The summed E-state index contributed by atoms with van der Waals surface area (Å²) in [4.78, 5) is 0. The van der Waals surface area contributed by atoms with E-state index < -0.39 is 0 Å². The van der Waals surface area contributed by atoms with Gasteiger partial charge in [-0.3, -0.25) is 0 Å². The molecule has 0 aromatic carbocycles. The molecule has 74 valence electrons. The van der Waals surface area contributed by atoms with Crippen LogP contribution in [0.25, 0.3) is 0 Å². The zero-order chi connectivity index (χ0) is 9.64. The minimum absolute atomic E-state index is 0.383. The van der Waals surface area contributed by atoms with Gasteiger partial charge in [0.2, 0.25) is 0 Å². The lowest BCUT2D eigenvalue weighted by molar-refractivity contribution is -0.0498. The molecule has 0 aromatic rings. The molecule has 2 rings (SSSR count). The molecule has 3 atom stereocenters. The SMILES string of the molecule is C=C1C2COCC1C(C)(C)[C@@H](C)C2. The van der Waals surface area contributed by atoms with Crippen LogP contribution in [0.5, 0.6) is 0 Å². The van der Waals surface area contributed by atoms with E-state index in [-0.39, 0.29) is 0 Å². The lowest BCUT2D eigenvalue weighted by Gasteiger charge is -2.51. The molecule has 0 spiro atoms. The van der Waals surface area contributed by atoms with Crippen molar-refractivity contribution in [2.24, 2.45) is 23.2 Å². The highest BCUT2D eigenvalue weighted by Crippen LogP contribution is 2.51. The standard InChI is InChI=1S/C12H20O/c1-8-5-10-6-13-7-11(9(10)2)12(8,3)4/h8,10-11H,2,5-7H2,1,3-4H3/t8-,10?,11?/m0/s1. The third-order valence-electron chi connectivity index (χ3n) is 4.38. The Kier molecular flexibility index (Phi) is 2.03. The molecule has 2 fully saturated rings. The number of hydrogen-bond donors (Lipinski definition) is 0. The molecule has 2 aliphatic rings. The van der Waals surface area contributed by atoms with Gasteiger partial charge in [0.15, 0.2) is 0 Å². The zero-order valence-corrected chi connectivity index (χ0v) is 8.97. The molecule has 1 saturated carbocycles. The van der Waals surface area contributed by atoms with Gasteiger partial charge in [-0.1, -0.05) is 32.9 Å². The van der Waals surface area contributed by atoms with Crippen molar-refractivity contribution < 1.29 is 4.74 Å². The van der Waals surface area contributed by atoms with Gasteiger partial charge >= 0.3 is 0 Å². The topological polar surface area (TPSA) is 9.23 Å². The number of fused-ring (bicyclic) bond motifs is 2. The number of ether oxygens (including phenoxy) is 1. The van der Waals surface area contributed by atoms with Gasteiger partial charge < -0.3 is 4.74 Å². The van der Waals surface area contributed by atoms with Crippen molar-refractivity contribution >= 4 is 0 Å². The van der Waals surface area contributed by atoms with Crippen molar-refractivity contribution in [3.05, 3.63) is 12.2 Å². The highest BCUT2D eigenvalue weighted by molar-refractivity contribution is 5.17. The normalized spacial score (nSPS) is 43.3. The van der Waals surface area contributed by atoms with Crippen molar-refractivity contribution in [3.8, 4) is 0 Å². The van der Waals surface area contributed by atoms with Gasteiger partial charge in [-0.2, -0.15) is 0 Å². The van der Waals surface area contributed by atoms with E-state index in [1.807, 2.05) is 0 Å². The molecule has 1 heteroatoms. The van der Waals surface area contributed by atoms with E-state index in [1.165, 1.54) is 12.0 Å². The third kappa shape index (κ3) is 1.25. The van der Waals surface area contributed by atoms with Gasteiger partial charge in [0.1, 0.15) is 0 Å². The molecule has 0 N–H and O–H groups in total. The quantitative estimate of drug-likeness (QED) is 0.521. The van der Waals surface area contributed by atoms with Crippen LogP contribution in [0.3, 0.4) is 0 Å². The maximum absolute atomic E-state index is 5.63. The van der Waals surface area contributed by atoms with Gasteiger partial charge in [-0.15, -0.1) is 0 Å². The Bertz CT molecular complexity index is 229. The average Bonchev–Trinajstić information content (AvgIpc) is 2.05. The number of rotatable bonds is 0. The minimum atomic E-state index is 0.383. The van der Waals surface area contributed by atoms with E-state index in [9.17, 15) is 0 Å². The van der Waals surface area contributed by atoms with E-state index in [0.717, 1.165) is 19.1 Å². The van der Waals surface area contributed by atoms with Crippen molar-refractivity contribution in [2.75, 3.05) is 13.2 Å². The smallest absolute Gasteiger partial charge is 0.0537 e. The summed E-state index contributed by atoms with van der Waals surface area (Å²) in [5.74, 6) is 2.04. The summed E-state index contributed by atoms with van der Waals surface area (Å²) in [7, 11) is 0. The maximum Gasteiger partial charge on any atom is 0.0537 e. The van der Waals surface area contributed by atoms with Crippen LogP contribution in [-0.2, 0) is 4.74 Å². The third-order valence-corrected chi connectivity index (χ3v) is 4.38. The van der Waals surface area contributed by atoms with Crippen LogP contribution in [0.1, 0.15) is 27.2 Å². The maximum atomic E-state index is 5.63. The predicted molar refractivity (Wildman–Crippen MR) is 54.5 cm³/mol. The second-order valence-corrected chi connectivity index (χ2v) is 5.32. The van der Waals surface area contributed by atoms with Gasteiger partial charge in [0.05, 0.1) is 13.2 Å². The van der Waals surface area contributed by atoms with Gasteiger partial charge in [-0.05, 0) is 17.8 Å². The minimum Gasteiger partial charge on any atom is -0.380 e. The van der Waals surface area contributed by atoms with Gasteiger partial charge in [0.25, 0.3) is 0 Å². The summed E-state index contributed by atoms with van der Waals surface area (Å²) in [6.07, 6.45) is 1.27. The summed E-state index contributed by atoms with van der Waals surface area (Å²) >= 11 is 0. The first-order chi connectivity index (χ1) is 6.03. The molecule has 0 aromatic heterocycles. The Morgan fingerprint density at radius 1 is 1.38 bits per heavy atom. The van der Waals surface area contributed by atoms with E-state index >= 15 is 0 Å². The molecule has 2 bridgehead atoms. The Labute approximate surface area is 81.2 Å². The van der Waals surface area contributed by atoms with Gasteiger partial charge in [-0.25, -0.2) is 0 Å². The molecule has 2 unspecified atom stereocenters. The highest BCUT2D eigenvalue weighted by Gasteiger charge is 2.45. The summed E-state index contributed by atoms with van der Waals surface area (Å²) in [5.41, 5.74) is 1.84.